The van der Waals surface area contributed by atoms with E-state index < -0.39 is 17.9 Å². The number of aliphatic hydroxyl groups is 1. The summed E-state index contributed by atoms with van der Waals surface area (Å²) in [6, 6.07) is 3.10. The Bertz CT molecular complexity index is 465. The maximum atomic E-state index is 13.1. The van der Waals surface area contributed by atoms with Gasteiger partial charge in [0.1, 0.15) is 29.8 Å². The summed E-state index contributed by atoms with van der Waals surface area (Å²) in [5.41, 5.74) is -0.169. The van der Waals surface area contributed by atoms with Gasteiger partial charge in [0.05, 0.1) is 19.3 Å². The highest BCUT2D eigenvalue weighted by Gasteiger charge is 2.15. The SMILES string of the molecule is COCC(C)OCC(O)COc1cc(F)ccc1C(=O)O. The predicted octanol–water partition coefficient (Wildman–Crippen LogP) is 1.32. The third kappa shape index (κ3) is 6.07. The molecule has 21 heavy (non-hydrogen) atoms. The van der Waals surface area contributed by atoms with E-state index in [9.17, 15) is 14.3 Å². The molecule has 118 valence electrons. The molecule has 0 radical (unpaired) electrons. The second kappa shape index (κ2) is 8.56. The van der Waals surface area contributed by atoms with Crippen LogP contribution in [-0.2, 0) is 9.47 Å². The number of rotatable bonds is 9. The summed E-state index contributed by atoms with van der Waals surface area (Å²) >= 11 is 0. The molecular formula is C14H19FO6. The van der Waals surface area contributed by atoms with Crippen LogP contribution in [-0.4, -0.2) is 55.3 Å². The van der Waals surface area contributed by atoms with E-state index in [1.54, 1.807) is 6.92 Å². The van der Waals surface area contributed by atoms with Crippen molar-refractivity contribution in [2.24, 2.45) is 0 Å². The van der Waals surface area contributed by atoms with Gasteiger partial charge in [-0.2, -0.15) is 0 Å². The van der Waals surface area contributed by atoms with Gasteiger partial charge in [0.25, 0.3) is 0 Å². The fourth-order valence-corrected chi connectivity index (χ4v) is 1.58. The first kappa shape index (κ1) is 17.4. The second-order valence-electron chi connectivity index (χ2n) is 4.51. The van der Waals surface area contributed by atoms with E-state index in [1.807, 2.05) is 0 Å². The van der Waals surface area contributed by atoms with E-state index in [1.165, 1.54) is 7.11 Å². The maximum Gasteiger partial charge on any atom is 0.339 e. The molecule has 1 aromatic rings. The third-order valence-corrected chi connectivity index (χ3v) is 2.58. The fourth-order valence-electron chi connectivity index (χ4n) is 1.58. The van der Waals surface area contributed by atoms with Crippen LogP contribution in [0.1, 0.15) is 17.3 Å². The summed E-state index contributed by atoms with van der Waals surface area (Å²) in [5.74, 6) is -1.98. The molecule has 1 rings (SSSR count). The Morgan fingerprint density at radius 3 is 2.67 bits per heavy atom. The van der Waals surface area contributed by atoms with E-state index >= 15 is 0 Å². The van der Waals surface area contributed by atoms with Crippen molar-refractivity contribution >= 4 is 5.97 Å². The van der Waals surface area contributed by atoms with Crippen LogP contribution in [0.5, 0.6) is 5.75 Å². The van der Waals surface area contributed by atoms with Crippen molar-refractivity contribution in [3.8, 4) is 5.75 Å². The highest BCUT2D eigenvalue weighted by atomic mass is 19.1. The molecule has 6 nitrogen and oxygen atoms in total. The van der Waals surface area contributed by atoms with E-state index in [4.69, 9.17) is 19.3 Å². The summed E-state index contributed by atoms with van der Waals surface area (Å²) in [6.07, 6.45) is -1.15. The molecule has 7 heteroatoms. The molecule has 0 heterocycles. The van der Waals surface area contributed by atoms with Gasteiger partial charge in [0, 0.05) is 13.2 Å². The van der Waals surface area contributed by atoms with Gasteiger partial charge in [-0.05, 0) is 19.1 Å². The topological polar surface area (TPSA) is 85.2 Å². The summed E-state index contributed by atoms with van der Waals surface area (Å²) in [5, 5.41) is 18.6. The normalized spacial score (nSPS) is 13.7. The lowest BCUT2D eigenvalue weighted by molar-refractivity contribution is -0.0423. The monoisotopic (exact) mass is 302 g/mol. The molecular weight excluding hydrogens is 283 g/mol. The van der Waals surface area contributed by atoms with Gasteiger partial charge in [-0.25, -0.2) is 9.18 Å². The molecule has 0 saturated carbocycles. The van der Waals surface area contributed by atoms with Crippen LogP contribution in [0.2, 0.25) is 0 Å². The zero-order valence-electron chi connectivity index (χ0n) is 11.9. The number of carboxylic acids is 1. The molecule has 0 spiro atoms. The van der Waals surface area contributed by atoms with Crippen molar-refractivity contribution in [1.82, 2.24) is 0 Å². The number of carboxylic acid groups (broad SMARTS) is 1. The van der Waals surface area contributed by atoms with Crippen molar-refractivity contribution < 1.29 is 33.6 Å². The fraction of sp³-hybridized carbons (Fsp3) is 0.500. The molecule has 0 fully saturated rings. The average molecular weight is 302 g/mol. The number of halogens is 1. The number of hydrogen-bond acceptors (Lipinski definition) is 5. The Balaban J connectivity index is 2.51. The minimum atomic E-state index is -1.23. The predicted molar refractivity (Wildman–Crippen MR) is 72.2 cm³/mol. The number of carbonyl (C=O) groups is 1. The largest absolute Gasteiger partial charge is 0.490 e. The molecule has 0 bridgehead atoms. The van der Waals surface area contributed by atoms with E-state index in [0.717, 1.165) is 18.2 Å². The first-order valence-electron chi connectivity index (χ1n) is 6.38. The second-order valence-corrected chi connectivity index (χ2v) is 4.51. The Morgan fingerprint density at radius 2 is 2.05 bits per heavy atom. The zero-order chi connectivity index (χ0) is 15.8. The lowest BCUT2D eigenvalue weighted by Crippen LogP contribution is -2.27. The first-order chi connectivity index (χ1) is 9.93. The summed E-state index contributed by atoms with van der Waals surface area (Å²) < 4.78 is 28.4. The van der Waals surface area contributed by atoms with Gasteiger partial charge in [-0.1, -0.05) is 0 Å². The molecule has 0 aliphatic heterocycles. The molecule has 0 amide bonds. The zero-order valence-corrected chi connectivity index (χ0v) is 11.9. The van der Waals surface area contributed by atoms with Crippen LogP contribution in [0.3, 0.4) is 0 Å². The van der Waals surface area contributed by atoms with Crippen molar-refractivity contribution in [3.05, 3.63) is 29.6 Å². The molecule has 0 aromatic heterocycles. The van der Waals surface area contributed by atoms with Gasteiger partial charge in [0.15, 0.2) is 0 Å². The highest BCUT2D eigenvalue weighted by molar-refractivity contribution is 5.90. The number of aliphatic hydroxyl groups excluding tert-OH is 1. The summed E-state index contributed by atoms with van der Waals surface area (Å²) in [4.78, 5) is 11.0. The maximum absolute atomic E-state index is 13.1. The van der Waals surface area contributed by atoms with Crippen LogP contribution in [0.25, 0.3) is 0 Å². The van der Waals surface area contributed by atoms with Gasteiger partial charge < -0.3 is 24.4 Å². The van der Waals surface area contributed by atoms with Crippen LogP contribution in [0.4, 0.5) is 4.39 Å². The quantitative estimate of drug-likeness (QED) is 0.715. The Hall–Kier alpha value is -1.70. The number of aromatic carboxylic acids is 1. The summed E-state index contributed by atoms with van der Waals surface area (Å²) in [7, 11) is 1.54. The van der Waals surface area contributed by atoms with Gasteiger partial charge in [-0.3, -0.25) is 0 Å². The van der Waals surface area contributed by atoms with Crippen LogP contribution in [0, 0.1) is 5.82 Å². The Labute approximate surface area is 122 Å². The van der Waals surface area contributed by atoms with Gasteiger partial charge in [-0.15, -0.1) is 0 Å². The first-order valence-corrected chi connectivity index (χ1v) is 6.38. The molecule has 0 saturated heterocycles. The molecule has 2 unspecified atom stereocenters. The average Bonchev–Trinajstić information content (AvgIpc) is 2.43. The molecule has 0 aliphatic carbocycles. The van der Waals surface area contributed by atoms with Crippen molar-refractivity contribution in [2.75, 3.05) is 26.9 Å². The smallest absolute Gasteiger partial charge is 0.339 e. The Kier molecular flexibility index (Phi) is 7.07. The summed E-state index contributed by atoms with van der Waals surface area (Å²) in [6.45, 7) is 1.97. The molecule has 2 atom stereocenters. The third-order valence-electron chi connectivity index (χ3n) is 2.58. The van der Waals surface area contributed by atoms with Gasteiger partial charge >= 0.3 is 5.97 Å². The van der Waals surface area contributed by atoms with E-state index in [2.05, 4.69) is 0 Å². The number of methoxy groups -OCH3 is 1. The number of benzene rings is 1. The Morgan fingerprint density at radius 1 is 1.33 bits per heavy atom. The number of hydrogen-bond donors (Lipinski definition) is 2. The van der Waals surface area contributed by atoms with Crippen LogP contribution < -0.4 is 4.74 Å². The van der Waals surface area contributed by atoms with Crippen LogP contribution in [0.15, 0.2) is 18.2 Å². The minimum absolute atomic E-state index is 0.00223. The van der Waals surface area contributed by atoms with E-state index in [-0.39, 0.29) is 30.6 Å². The van der Waals surface area contributed by atoms with Crippen LogP contribution >= 0.6 is 0 Å². The lowest BCUT2D eigenvalue weighted by Gasteiger charge is -2.17. The van der Waals surface area contributed by atoms with Crippen molar-refractivity contribution in [3.63, 3.8) is 0 Å². The van der Waals surface area contributed by atoms with Crippen molar-refractivity contribution in [2.45, 2.75) is 19.1 Å². The standard InChI is InChI=1S/C14H19FO6/c1-9(6-19-2)20-7-11(16)8-21-13-5-10(15)3-4-12(13)14(17)18/h3-5,9,11,16H,6-8H2,1-2H3,(H,17,18). The van der Waals surface area contributed by atoms with Crippen molar-refractivity contribution in [1.29, 1.82) is 0 Å². The highest BCUT2D eigenvalue weighted by Crippen LogP contribution is 2.20. The molecule has 2 N–H and O–H groups in total. The van der Waals surface area contributed by atoms with E-state index in [0.29, 0.717) is 6.61 Å². The lowest BCUT2D eigenvalue weighted by atomic mass is 10.2. The minimum Gasteiger partial charge on any atom is -0.490 e. The van der Waals surface area contributed by atoms with Gasteiger partial charge in [0.2, 0.25) is 0 Å². The number of ether oxygens (including phenoxy) is 3. The molecule has 1 aromatic carbocycles. The molecule has 0 aliphatic rings.